The largest absolute Gasteiger partial charge is 0.505 e. The third kappa shape index (κ3) is 3.09. The minimum atomic E-state index is -1.16. The van der Waals surface area contributed by atoms with Crippen LogP contribution >= 0.6 is 12.6 Å². The van der Waals surface area contributed by atoms with E-state index in [0.717, 1.165) is 12.1 Å². The van der Waals surface area contributed by atoms with Crippen molar-refractivity contribution in [2.24, 2.45) is 0 Å². The molecule has 0 fully saturated rings. The fourth-order valence-electron chi connectivity index (χ4n) is 1.22. The summed E-state index contributed by atoms with van der Waals surface area (Å²) in [6.07, 6.45) is -1.83. The second-order valence-corrected chi connectivity index (χ2v) is 3.68. The lowest BCUT2D eigenvalue weighted by atomic mass is 10.0. The van der Waals surface area contributed by atoms with Crippen molar-refractivity contribution in [1.82, 2.24) is 0 Å². The van der Waals surface area contributed by atoms with Gasteiger partial charge in [0.1, 0.15) is 6.10 Å². The second kappa shape index (κ2) is 5.34. The maximum Gasteiger partial charge on any atom is 0.165 e. The molecular weight excluding hydrogens is 219 g/mol. The van der Waals surface area contributed by atoms with Gasteiger partial charge in [-0.2, -0.15) is 12.6 Å². The molecule has 84 valence electrons. The molecule has 5 heteroatoms. The highest BCUT2D eigenvalue weighted by Crippen LogP contribution is 2.24. The van der Waals surface area contributed by atoms with E-state index in [-0.39, 0.29) is 5.56 Å². The quantitative estimate of drug-likeness (QED) is 0.591. The number of hydrogen-bond acceptors (Lipinski definition) is 4. The molecule has 1 aromatic rings. The first kappa shape index (κ1) is 12.3. The SMILES string of the molecule is Oc1ccc(C(O)C(O)CCS)cc1F. The van der Waals surface area contributed by atoms with Gasteiger partial charge in [0.05, 0.1) is 6.10 Å². The summed E-state index contributed by atoms with van der Waals surface area (Å²) >= 11 is 3.92. The second-order valence-electron chi connectivity index (χ2n) is 3.24. The van der Waals surface area contributed by atoms with Crippen LogP contribution in [-0.2, 0) is 0 Å². The Morgan fingerprint density at radius 2 is 2.00 bits per heavy atom. The molecule has 0 aromatic heterocycles. The molecule has 0 saturated heterocycles. The summed E-state index contributed by atoms with van der Waals surface area (Å²) in [5.74, 6) is -0.863. The zero-order valence-corrected chi connectivity index (χ0v) is 8.86. The molecule has 0 saturated carbocycles. The van der Waals surface area contributed by atoms with Crippen LogP contribution in [0.4, 0.5) is 4.39 Å². The van der Waals surface area contributed by atoms with Gasteiger partial charge in [-0.05, 0) is 29.9 Å². The van der Waals surface area contributed by atoms with E-state index in [1.807, 2.05) is 0 Å². The van der Waals surface area contributed by atoms with Crippen LogP contribution in [0.3, 0.4) is 0 Å². The predicted molar refractivity (Wildman–Crippen MR) is 57.5 cm³/mol. The van der Waals surface area contributed by atoms with Gasteiger partial charge in [0.2, 0.25) is 0 Å². The van der Waals surface area contributed by atoms with Gasteiger partial charge in [-0.3, -0.25) is 0 Å². The van der Waals surface area contributed by atoms with Crippen molar-refractivity contribution in [3.05, 3.63) is 29.6 Å². The summed E-state index contributed by atoms with van der Waals surface area (Å²) in [4.78, 5) is 0. The van der Waals surface area contributed by atoms with Gasteiger partial charge in [0, 0.05) is 0 Å². The molecule has 0 amide bonds. The van der Waals surface area contributed by atoms with Crippen molar-refractivity contribution >= 4 is 12.6 Å². The molecule has 2 atom stereocenters. The Labute approximate surface area is 92.6 Å². The zero-order chi connectivity index (χ0) is 11.4. The summed E-state index contributed by atoms with van der Waals surface area (Å²) < 4.78 is 12.9. The topological polar surface area (TPSA) is 60.7 Å². The Morgan fingerprint density at radius 3 is 2.53 bits per heavy atom. The van der Waals surface area contributed by atoms with Crippen LogP contribution in [0, 0.1) is 5.82 Å². The van der Waals surface area contributed by atoms with Gasteiger partial charge in [0.15, 0.2) is 11.6 Å². The van der Waals surface area contributed by atoms with Gasteiger partial charge in [-0.15, -0.1) is 0 Å². The lowest BCUT2D eigenvalue weighted by Crippen LogP contribution is -2.18. The average molecular weight is 232 g/mol. The molecule has 0 bridgehead atoms. The van der Waals surface area contributed by atoms with Crippen LogP contribution in [-0.4, -0.2) is 27.2 Å². The summed E-state index contributed by atoms with van der Waals surface area (Å²) in [6.45, 7) is 0. The van der Waals surface area contributed by atoms with Gasteiger partial charge in [-0.1, -0.05) is 6.07 Å². The lowest BCUT2D eigenvalue weighted by molar-refractivity contribution is 0.0170. The summed E-state index contributed by atoms with van der Waals surface area (Å²) in [5.41, 5.74) is 0.236. The van der Waals surface area contributed by atoms with E-state index in [0.29, 0.717) is 12.2 Å². The number of aliphatic hydroxyl groups excluding tert-OH is 2. The molecule has 0 aliphatic carbocycles. The smallest absolute Gasteiger partial charge is 0.165 e. The highest BCUT2D eigenvalue weighted by Gasteiger charge is 2.18. The number of phenols is 1. The maximum atomic E-state index is 12.9. The van der Waals surface area contributed by atoms with Gasteiger partial charge >= 0.3 is 0 Å². The third-order valence-corrected chi connectivity index (χ3v) is 2.36. The molecule has 2 unspecified atom stereocenters. The standard InChI is InChI=1S/C10H13FO3S/c11-7-5-6(1-2-8(7)12)10(14)9(13)3-4-15/h1-2,5,9-10,12-15H,3-4H2. The van der Waals surface area contributed by atoms with Crippen molar-refractivity contribution in [3.8, 4) is 5.75 Å². The lowest BCUT2D eigenvalue weighted by Gasteiger charge is -2.17. The first-order valence-electron chi connectivity index (χ1n) is 4.51. The van der Waals surface area contributed by atoms with Crippen molar-refractivity contribution in [2.45, 2.75) is 18.6 Å². The minimum absolute atomic E-state index is 0.236. The van der Waals surface area contributed by atoms with E-state index in [1.54, 1.807) is 0 Å². The Bertz CT molecular complexity index is 332. The van der Waals surface area contributed by atoms with Crippen LogP contribution in [0.2, 0.25) is 0 Å². The van der Waals surface area contributed by atoms with E-state index in [9.17, 15) is 14.6 Å². The van der Waals surface area contributed by atoms with Crippen LogP contribution < -0.4 is 0 Å². The van der Waals surface area contributed by atoms with Crippen molar-refractivity contribution in [1.29, 1.82) is 0 Å². The monoisotopic (exact) mass is 232 g/mol. The highest BCUT2D eigenvalue weighted by atomic mass is 32.1. The van der Waals surface area contributed by atoms with Crippen LogP contribution in [0.1, 0.15) is 18.1 Å². The molecule has 0 spiro atoms. The first-order chi connectivity index (χ1) is 7.06. The van der Waals surface area contributed by atoms with Crippen molar-refractivity contribution < 1.29 is 19.7 Å². The van der Waals surface area contributed by atoms with Crippen LogP contribution in [0.15, 0.2) is 18.2 Å². The van der Waals surface area contributed by atoms with Crippen molar-refractivity contribution in [2.75, 3.05) is 5.75 Å². The summed E-state index contributed by atoms with van der Waals surface area (Å²) in [7, 11) is 0. The molecule has 0 radical (unpaired) electrons. The Kier molecular flexibility index (Phi) is 4.38. The van der Waals surface area contributed by atoms with E-state index in [4.69, 9.17) is 5.11 Å². The highest BCUT2D eigenvalue weighted by molar-refractivity contribution is 7.80. The molecule has 0 aliphatic heterocycles. The molecule has 3 nitrogen and oxygen atoms in total. The van der Waals surface area contributed by atoms with Crippen LogP contribution in [0.5, 0.6) is 5.75 Å². The van der Waals surface area contributed by atoms with Gasteiger partial charge < -0.3 is 15.3 Å². The van der Waals surface area contributed by atoms with Crippen LogP contribution in [0.25, 0.3) is 0 Å². The Balaban J connectivity index is 2.81. The number of hydrogen-bond donors (Lipinski definition) is 4. The number of phenolic OH excluding ortho intramolecular Hbond substituents is 1. The molecule has 1 rings (SSSR count). The number of aliphatic hydroxyl groups is 2. The molecule has 3 N–H and O–H groups in total. The van der Waals surface area contributed by atoms with E-state index in [2.05, 4.69) is 12.6 Å². The van der Waals surface area contributed by atoms with E-state index >= 15 is 0 Å². The fourth-order valence-corrected chi connectivity index (χ4v) is 1.48. The molecular formula is C10H13FO3S. The Morgan fingerprint density at radius 1 is 1.33 bits per heavy atom. The molecule has 0 aliphatic rings. The fraction of sp³-hybridized carbons (Fsp3) is 0.400. The number of thiol groups is 1. The van der Waals surface area contributed by atoms with Crippen molar-refractivity contribution in [3.63, 3.8) is 0 Å². The number of benzene rings is 1. The number of rotatable bonds is 4. The molecule has 0 heterocycles. The normalized spacial score (nSPS) is 14.9. The number of halogens is 1. The zero-order valence-electron chi connectivity index (χ0n) is 7.97. The molecule has 1 aromatic carbocycles. The minimum Gasteiger partial charge on any atom is -0.505 e. The summed E-state index contributed by atoms with van der Waals surface area (Å²) in [6, 6.07) is 3.51. The average Bonchev–Trinajstić information content (AvgIpc) is 2.21. The van der Waals surface area contributed by atoms with E-state index in [1.165, 1.54) is 6.07 Å². The summed E-state index contributed by atoms with van der Waals surface area (Å²) in [5, 5.41) is 28.0. The van der Waals surface area contributed by atoms with Gasteiger partial charge in [-0.25, -0.2) is 4.39 Å². The first-order valence-corrected chi connectivity index (χ1v) is 5.15. The van der Waals surface area contributed by atoms with E-state index < -0.39 is 23.8 Å². The third-order valence-electron chi connectivity index (χ3n) is 2.10. The number of aromatic hydroxyl groups is 1. The predicted octanol–water partition coefficient (Wildman–Crippen LogP) is 1.25. The Hall–Kier alpha value is -0.780. The molecule has 15 heavy (non-hydrogen) atoms. The maximum absolute atomic E-state index is 12.9. The van der Waals surface area contributed by atoms with Gasteiger partial charge in [0.25, 0.3) is 0 Å².